The van der Waals surface area contributed by atoms with Gasteiger partial charge in [-0.05, 0) is 31.0 Å². The van der Waals surface area contributed by atoms with Gasteiger partial charge in [0.25, 0.3) is 0 Å². The van der Waals surface area contributed by atoms with E-state index < -0.39 is 0 Å². The maximum atomic E-state index is 12.3. The first-order valence-electron chi connectivity index (χ1n) is 6.75. The van der Waals surface area contributed by atoms with Gasteiger partial charge in [0.2, 0.25) is 5.91 Å². The van der Waals surface area contributed by atoms with E-state index in [9.17, 15) is 4.79 Å². The van der Waals surface area contributed by atoms with Crippen molar-refractivity contribution in [2.45, 2.75) is 26.3 Å². The van der Waals surface area contributed by atoms with Gasteiger partial charge in [-0.3, -0.25) is 4.79 Å². The smallest absolute Gasteiger partial charge is 0.227 e. The third-order valence-electron chi connectivity index (χ3n) is 3.65. The predicted octanol–water partition coefficient (Wildman–Crippen LogP) is 1.37. The quantitative estimate of drug-likeness (QED) is 0.894. The fourth-order valence-corrected chi connectivity index (χ4v) is 2.46. The minimum atomic E-state index is 0.194. The highest BCUT2D eigenvalue weighted by Crippen LogP contribution is 2.20. The molecule has 1 fully saturated rings. The number of methoxy groups -OCH3 is 1. The molecule has 0 spiro atoms. The van der Waals surface area contributed by atoms with Crippen LogP contribution in [-0.2, 0) is 11.2 Å². The van der Waals surface area contributed by atoms with Gasteiger partial charge in [-0.2, -0.15) is 0 Å². The average Bonchev–Trinajstić information content (AvgIpc) is 2.41. The summed E-state index contributed by atoms with van der Waals surface area (Å²) in [5, 5.41) is 3.30. The van der Waals surface area contributed by atoms with Crippen LogP contribution in [0.25, 0.3) is 0 Å². The van der Waals surface area contributed by atoms with Gasteiger partial charge in [-0.15, -0.1) is 0 Å². The number of hydrogen-bond acceptors (Lipinski definition) is 3. The second-order valence-corrected chi connectivity index (χ2v) is 5.12. The number of benzene rings is 1. The Balaban J connectivity index is 2.05. The van der Waals surface area contributed by atoms with Crippen molar-refractivity contribution in [3.63, 3.8) is 0 Å². The number of rotatable bonds is 3. The molecular formula is C15H22N2O2. The minimum Gasteiger partial charge on any atom is -0.496 e. The van der Waals surface area contributed by atoms with E-state index in [1.54, 1.807) is 7.11 Å². The highest BCUT2D eigenvalue weighted by atomic mass is 16.5. The highest BCUT2D eigenvalue weighted by molar-refractivity contribution is 5.79. The number of piperazine rings is 1. The van der Waals surface area contributed by atoms with Gasteiger partial charge in [-0.25, -0.2) is 0 Å². The number of aryl methyl sites for hydroxylation is 1. The van der Waals surface area contributed by atoms with E-state index in [2.05, 4.69) is 12.2 Å². The van der Waals surface area contributed by atoms with Gasteiger partial charge >= 0.3 is 0 Å². The molecule has 1 N–H and O–H groups in total. The number of carbonyl (C=O) groups is 1. The molecule has 104 valence electrons. The molecule has 0 saturated carbocycles. The van der Waals surface area contributed by atoms with Crippen LogP contribution >= 0.6 is 0 Å². The largest absolute Gasteiger partial charge is 0.496 e. The summed E-state index contributed by atoms with van der Waals surface area (Å²) in [7, 11) is 1.66. The molecule has 2 rings (SSSR count). The summed E-state index contributed by atoms with van der Waals surface area (Å²) in [5.41, 5.74) is 2.10. The Kier molecular flexibility index (Phi) is 4.43. The Hall–Kier alpha value is -1.55. The molecule has 1 aromatic carbocycles. The summed E-state index contributed by atoms with van der Waals surface area (Å²) in [6, 6.07) is 6.24. The molecule has 1 aliphatic heterocycles. The molecule has 19 heavy (non-hydrogen) atoms. The van der Waals surface area contributed by atoms with Crippen LogP contribution in [0.5, 0.6) is 5.75 Å². The van der Waals surface area contributed by atoms with Gasteiger partial charge in [0, 0.05) is 25.7 Å². The van der Waals surface area contributed by atoms with E-state index in [0.29, 0.717) is 6.42 Å². The van der Waals surface area contributed by atoms with Crippen molar-refractivity contribution in [1.82, 2.24) is 10.2 Å². The maximum absolute atomic E-state index is 12.3. The van der Waals surface area contributed by atoms with Crippen LogP contribution < -0.4 is 10.1 Å². The number of ether oxygens (including phenoxy) is 1. The lowest BCUT2D eigenvalue weighted by Gasteiger charge is -2.34. The minimum absolute atomic E-state index is 0.194. The Morgan fingerprint density at radius 3 is 3.00 bits per heavy atom. The summed E-state index contributed by atoms with van der Waals surface area (Å²) in [4.78, 5) is 14.3. The van der Waals surface area contributed by atoms with Gasteiger partial charge in [-0.1, -0.05) is 12.1 Å². The Bertz CT molecular complexity index is 459. The van der Waals surface area contributed by atoms with Crippen molar-refractivity contribution in [2.75, 3.05) is 26.7 Å². The number of amides is 1. The lowest BCUT2D eigenvalue weighted by molar-refractivity contribution is -0.133. The highest BCUT2D eigenvalue weighted by Gasteiger charge is 2.22. The number of nitrogens with one attached hydrogen (secondary N) is 1. The van der Waals surface area contributed by atoms with Gasteiger partial charge in [0.05, 0.1) is 13.5 Å². The van der Waals surface area contributed by atoms with Gasteiger partial charge in [0.1, 0.15) is 5.75 Å². The van der Waals surface area contributed by atoms with Gasteiger partial charge in [0.15, 0.2) is 0 Å². The molecule has 1 aliphatic rings. The zero-order valence-electron chi connectivity index (χ0n) is 11.9. The Morgan fingerprint density at radius 2 is 2.32 bits per heavy atom. The molecule has 0 bridgehead atoms. The molecule has 0 aromatic heterocycles. The molecule has 4 heteroatoms. The molecule has 0 radical (unpaired) electrons. The number of hydrogen-bond donors (Lipinski definition) is 1. The lowest BCUT2D eigenvalue weighted by atomic mass is 10.1. The van der Waals surface area contributed by atoms with Crippen LogP contribution in [0, 0.1) is 6.92 Å². The van der Waals surface area contributed by atoms with E-state index in [4.69, 9.17) is 4.74 Å². The van der Waals surface area contributed by atoms with Crippen LogP contribution in [0.3, 0.4) is 0 Å². The fraction of sp³-hybridized carbons (Fsp3) is 0.533. The van der Waals surface area contributed by atoms with Crippen LogP contribution in [0.2, 0.25) is 0 Å². The summed E-state index contributed by atoms with van der Waals surface area (Å²) < 4.78 is 5.30. The molecule has 0 aliphatic carbocycles. The summed E-state index contributed by atoms with van der Waals surface area (Å²) >= 11 is 0. The lowest BCUT2D eigenvalue weighted by Crippen LogP contribution is -2.52. The molecule has 4 nitrogen and oxygen atoms in total. The summed E-state index contributed by atoms with van der Waals surface area (Å²) in [5.74, 6) is 1.04. The van der Waals surface area contributed by atoms with Crippen molar-refractivity contribution in [2.24, 2.45) is 0 Å². The van der Waals surface area contributed by atoms with Gasteiger partial charge < -0.3 is 15.0 Å². The van der Waals surface area contributed by atoms with E-state index in [1.807, 2.05) is 30.0 Å². The Morgan fingerprint density at radius 1 is 1.53 bits per heavy atom. The maximum Gasteiger partial charge on any atom is 0.227 e. The first kappa shape index (κ1) is 13.9. The molecule has 0 unspecified atom stereocenters. The normalized spacial score (nSPS) is 19.3. The molecular weight excluding hydrogens is 240 g/mol. The van der Waals surface area contributed by atoms with E-state index in [0.717, 1.165) is 36.5 Å². The monoisotopic (exact) mass is 262 g/mol. The van der Waals surface area contributed by atoms with Crippen LogP contribution in [-0.4, -0.2) is 43.6 Å². The first-order chi connectivity index (χ1) is 9.11. The third kappa shape index (κ3) is 3.26. The zero-order chi connectivity index (χ0) is 13.8. The van der Waals surface area contributed by atoms with E-state index in [-0.39, 0.29) is 11.9 Å². The van der Waals surface area contributed by atoms with E-state index in [1.165, 1.54) is 0 Å². The summed E-state index contributed by atoms with van der Waals surface area (Å²) in [6.45, 7) is 6.64. The SMILES string of the molecule is COc1cc(CC(=O)N2CCNC[C@@H]2C)ccc1C. The second-order valence-electron chi connectivity index (χ2n) is 5.12. The van der Waals surface area contributed by atoms with Crippen molar-refractivity contribution in [3.05, 3.63) is 29.3 Å². The Labute approximate surface area is 114 Å². The molecule has 1 atom stereocenters. The van der Waals surface area contributed by atoms with Crippen molar-refractivity contribution in [1.29, 1.82) is 0 Å². The predicted molar refractivity (Wildman–Crippen MR) is 75.5 cm³/mol. The first-order valence-corrected chi connectivity index (χ1v) is 6.75. The molecule has 1 aromatic rings. The zero-order valence-corrected chi connectivity index (χ0v) is 11.9. The summed E-state index contributed by atoms with van der Waals surface area (Å²) in [6.07, 6.45) is 0.445. The van der Waals surface area contributed by atoms with Crippen LogP contribution in [0.1, 0.15) is 18.1 Å². The fourth-order valence-electron chi connectivity index (χ4n) is 2.46. The second kappa shape index (κ2) is 6.06. The van der Waals surface area contributed by atoms with Crippen molar-refractivity contribution < 1.29 is 9.53 Å². The molecule has 1 saturated heterocycles. The van der Waals surface area contributed by atoms with Crippen LogP contribution in [0.4, 0.5) is 0 Å². The molecule has 1 heterocycles. The average molecular weight is 262 g/mol. The number of carbonyl (C=O) groups excluding carboxylic acids is 1. The standard InChI is InChI=1S/C15H22N2O2/c1-11-4-5-13(8-14(11)19-3)9-15(18)17-7-6-16-10-12(17)2/h4-5,8,12,16H,6-7,9-10H2,1-3H3/t12-/m0/s1. The van der Waals surface area contributed by atoms with Crippen molar-refractivity contribution >= 4 is 5.91 Å². The van der Waals surface area contributed by atoms with E-state index >= 15 is 0 Å². The number of nitrogens with zero attached hydrogens (tertiary/aromatic N) is 1. The topological polar surface area (TPSA) is 41.6 Å². The van der Waals surface area contributed by atoms with Crippen LogP contribution in [0.15, 0.2) is 18.2 Å². The molecule has 1 amide bonds. The van der Waals surface area contributed by atoms with Crippen molar-refractivity contribution in [3.8, 4) is 5.75 Å². The third-order valence-corrected chi connectivity index (χ3v) is 3.65.